The van der Waals surface area contributed by atoms with E-state index in [2.05, 4.69) is 29.7 Å². The van der Waals surface area contributed by atoms with Gasteiger partial charge in [0.1, 0.15) is 5.75 Å². The molecule has 0 atom stereocenters. The fourth-order valence-corrected chi connectivity index (χ4v) is 1.54. The molecule has 4 nitrogen and oxygen atoms in total. The molecule has 0 aliphatic rings. The molecule has 3 N–H and O–H groups in total. The van der Waals surface area contributed by atoms with Gasteiger partial charge in [0.05, 0.1) is 13.2 Å². The van der Waals surface area contributed by atoms with Gasteiger partial charge in [0, 0.05) is 26.2 Å². The average Bonchev–Trinajstić information content (AvgIpc) is 2.42. The molecule has 0 bridgehead atoms. The largest absolute Gasteiger partial charge is 0.494 e. The van der Waals surface area contributed by atoms with Gasteiger partial charge in [0.15, 0.2) is 0 Å². The summed E-state index contributed by atoms with van der Waals surface area (Å²) in [5, 5.41) is 15.1. The number of hydrogen-bond acceptors (Lipinski definition) is 4. The minimum Gasteiger partial charge on any atom is -0.494 e. The molecule has 18 heavy (non-hydrogen) atoms. The van der Waals surface area contributed by atoms with Crippen molar-refractivity contribution < 1.29 is 9.84 Å². The molecule has 1 aromatic rings. The molecular weight excluding hydrogens is 228 g/mol. The van der Waals surface area contributed by atoms with Crippen LogP contribution >= 0.6 is 0 Å². The maximum absolute atomic E-state index is 8.59. The molecular formula is C14H24N2O2. The van der Waals surface area contributed by atoms with E-state index < -0.39 is 0 Å². The van der Waals surface area contributed by atoms with Gasteiger partial charge in [-0.15, -0.1) is 0 Å². The molecule has 0 aromatic heterocycles. The Kier molecular flexibility index (Phi) is 8.21. The van der Waals surface area contributed by atoms with Gasteiger partial charge < -0.3 is 20.5 Å². The van der Waals surface area contributed by atoms with Crippen LogP contribution in [-0.4, -0.2) is 38.0 Å². The monoisotopic (exact) mass is 252 g/mol. The molecule has 102 valence electrons. The van der Waals surface area contributed by atoms with E-state index in [0.29, 0.717) is 6.54 Å². The highest BCUT2D eigenvalue weighted by atomic mass is 16.5. The molecule has 0 saturated carbocycles. The summed E-state index contributed by atoms with van der Waals surface area (Å²) in [6.07, 6.45) is 1.03. The fraction of sp³-hybridized carbons (Fsp3) is 0.571. The zero-order chi connectivity index (χ0) is 13.1. The lowest BCUT2D eigenvalue weighted by Crippen LogP contribution is -2.28. The molecule has 0 saturated heterocycles. The molecule has 0 amide bonds. The van der Waals surface area contributed by atoms with Gasteiger partial charge in [-0.1, -0.05) is 19.1 Å². The van der Waals surface area contributed by atoms with Crippen molar-refractivity contribution in [1.82, 2.24) is 10.6 Å². The molecule has 4 heteroatoms. The smallest absolute Gasteiger partial charge is 0.119 e. The number of benzene rings is 1. The third kappa shape index (κ3) is 6.59. The molecule has 1 rings (SSSR count). The van der Waals surface area contributed by atoms with Crippen molar-refractivity contribution in [3.8, 4) is 5.75 Å². The van der Waals surface area contributed by atoms with Crippen molar-refractivity contribution in [2.45, 2.75) is 19.9 Å². The number of nitrogens with one attached hydrogen (secondary N) is 2. The van der Waals surface area contributed by atoms with E-state index in [4.69, 9.17) is 9.84 Å². The van der Waals surface area contributed by atoms with Crippen molar-refractivity contribution in [3.63, 3.8) is 0 Å². The summed E-state index contributed by atoms with van der Waals surface area (Å²) in [6.45, 7) is 6.35. The highest BCUT2D eigenvalue weighted by Gasteiger charge is 1.95. The minimum atomic E-state index is 0.194. The van der Waals surface area contributed by atoms with E-state index >= 15 is 0 Å². The van der Waals surface area contributed by atoms with Gasteiger partial charge in [-0.2, -0.15) is 0 Å². The van der Waals surface area contributed by atoms with Crippen LogP contribution in [-0.2, 0) is 6.54 Å². The zero-order valence-corrected chi connectivity index (χ0v) is 11.1. The SMILES string of the molecule is CCCOc1ccc(CNCCNCCO)cc1. The summed E-state index contributed by atoms with van der Waals surface area (Å²) in [4.78, 5) is 0. The maximum Gasteiger partial charge on any atom is 0.119 e. The van der Waals surface area contributed by atoms with Crippen LogP contribution in [0, 0.1) is 0 Å². The standard InChI is InChI=1S/C14H24N2O2/c1-2-11-18-14-5-3-13(4-6-14)12-16-8-7-15-9-10-17/h3-6,15-17H,2,7-12H2,1H3. The number of rotatable bonds is 10. The van der Waals surface area contributed by atoms with E-state index in [1.807, 2.05) is 12.1 Å². The Morgan fingerprint density at radius 2 is 1.78 bits per heavy atom. The van der Waals surface area contributed by atoms with Crippen molar-refractivity contribution in [1.29, 1.82) is 0 Å². The van der Waals surface area contributed by atoms with E-state index in [9.17, 15) is 0 Å². The Morgan fingerprint density at radius 1 is 1.06 bits per heavy atom. The molecule has 0 aliphatic carbocycles. The number of ether oxygens (including phenoxy) is 1. The first-order chi connectivity index (χ1) is 8.86. The Balaban J connectivity index is 2.14. The molecule has 0 radical (unpaired) electrons. The summed E-state index contributed by atoms with van der Waals surface area (Å²) in [5.41, 5.74) is 1.25. The summed E-state index contributed by atoms with van der Waals surface area (Å²) in [6, 6.07) is 8.19. The minimum absolute atomic E-state index is 0.194. The van der Waals surface area contributed by atoms with Gasteiger partial charge in [0.2, 0.25) is 0 Å². The van der Waals surface area contributed by atoms with Crippen LogP contribution in [0.2, 0.25) is 0 Å². The predicted molar refractivity (Wildman–Crippen MR) is 73.9 cm³/mol. The number of hydrogen-bond donors (Lipinski definition) is 3. The second-order valence-corrected chi connectivity index (χ2v) is 4.14. The van der Waals surface area contributed by atoms with Crippen LogP contribution in [0.3, 0.4) is 0 Å². The first-order valence-corrected chi connectivity index (χ1v) is 6.61. The second-order valence-electron chi connectivity index (χ2n) is 4.14. The molecule has 0 spiro atoms. The zero-order valence-electron chi connectivity index (χ0n) is 11.1. The lowest BCUT2D eigenvalue weighted by Gasteiger charge is -2.07. The maximum atomic E-state index is 8.59. The van der Waals surface area contributed by atoms with Crippen LogP contribution in [0.5, 0.6) is 5.75 Å². The van der Waals surface area contributed by atoms with Gasteiger partial charge >= 0.3 is 0 Å². The normalized spacial score (nSPS) is 10.6. The van der Waals surface area contributed by atoms with Crippen LogP contribution in [0.1, 0.15) is 18.9 Å². The predicted octanol–water partition coefficient (Wildman–Crippen LogP) is 1.15. The van der Waals surface area contributed by atoms with Gasteiger partial charge in [-0.05, 0) is 24.1 Å². The van der Waals surface area contributed by atoms with E-state index in [-0.39, 0.29) is 6.61 Å². The van der Waals surface area contributed by atoms with E-state index in [1.165, 1.54) is 5.56 Å². The van der Waals surface area contributed by atoms with Crippen LogP contribution in [0.4, 0.5) is 0 Å². The molecule has 0 fully saturated rings. The lowest BCUT2D eigenvalue weighted by molar-refractivity contribution is 0.292. The number of aliphatic hydroxyl groups is 1. The van der Waals surface area contributed by atoms with Crippen molar-refractivity contribution in [2.24, 2.45) is 0 Å². The van der Waals surface area contributed by atoms with Gasteiger partial charge in [0.25, 0.3) is 0 Å². The quantitative estimate of drug-likeness (QED) is 0.547. The van der Waals surface area contributed by atoms with Crippen molar-refractivity contribution >= 4 is 0 Å². The summed E-state index contributed by atoms with van der Waals surface area (Å²) in [5.74, 6) is 0.935. The summed E-state index contributed by atoms with van der Waals surface area (Å²) >= 11 is 0. The van der Waals surface area contributed by atoms with E-state index in [0.717, 1.165) is 38.4 Å². The summed E-state index contributed by atoms with van der Waals surface area (Å²) < 4.78 is 5.53. The lowest BCUT2D eigenvalue weighted by atomic mass is 10.2. The molecule has 0 aliphatic heterocycles. The van der Waals surface area contributed by atoms with Crippen molar-refractivity contribution in [2.75, 3.05) is 32.8 Å². The fourth-order valence-electron chi connectivity index (χ4n) is 1.54. The topological polar surface area (TPSA) is 53.5 Å². The van der Waals surface area contributed by atoms with Crippen LogP contribution in [0.25, 0.3) is 0 Å². The first-order valence-electron chi connectivity index (χ1n) is 6.61. The third-order valence-electron chi connectivity index (χ3n) is 2.49. The highest BCUT2D eigenvalue weighted by molar-refractivity contribution is 5.27. The van der Waals surface area contributed by atoms with Crippen molar-refractivity contribution in [3.05, 3.63) is 29.8 Å². The van der Waals surface area contributed by atoms with Gasteiger partial charge in [-0.3, -0.25) is 0 Å². The average molecular weight is 252 g/mol. The Morgan fingerprint density at radius 3 is 2.44 bits per heavy atom. The summed E-state index contributed by atoms with van der Waals surface area (Å²) in [7, 11) is 0. The second kappa shape index (κ2) is 9.88. The highest BCUT2D eigenvalue weighted by Crippen LogP contribution is 2.12. The molecule has 1 aromatic carbocycles. The Bertz CT molecular complexity index is 301. The first kappa shape index (κ1) is 15.0. The molecule has 0 unspecified atom stereocenters. The Labute approximate surface area is 109 Å². The molecule has 0 heterocycles. The Hall–Kier alpha value is -1.10. The van der Waals surface area contributed by atoms with Crippen LogP contribution < -0.4 is 15.4 Å². The van der Waals surface area contributed by atoms with Crippen LogP contribution in [0.15, 0.2) is 24.3 Å². The third-order valence-corrected chi connectivity index (χ3v) is 2.49. The van der Waals surface area contributed by atoms with E-state index in [1.54, 1.807) is 0 Å². The van der Waals surface area contributed by atoms with Gasteiger partial charge in [-0.25, -0.2) is 0 Å². The number of aliphatic hydroxyl groups excluding tert-OH is 1.